The molecule has 0 amide bonds. The van der Waals surface area contributed by atoms with Gasteiger partial charge in [-0.05, 0) is 38.4 Å². The van der Waals surface area contributed by atoms with Crippen LogP contribution in [0.3, 0.4) is 0 Å². The van der Waals surface area contributed by atoms with Crippen molar-refractivity contribution in [2.75, 3.05) is 19.6 Å². The van der Waals surface area contributed by atoms with Crippen LogP contribution in [-0.4, -0.2) is 24.6 Å². The number of thiazole rings is 1. The summed E-state index contributed by atoms with van der Waals surface area (Å²) >= 11 is 1.78. The van der Waals surface area contributed by atoms with Crippen LogP contribution in [0.5, 0.6) is 0 Å². The molecule has 1 aromatic heterocycles. The monoisotopic (exact) mass is 225 g/mol. The van der Waals surface area contributed by atoms with Crippen molar-refractivity contribution in [3.8, 4) is 0 Å². The summed E-state index contributed by atoms with van der Waals surface area (Å²) in [5, 5.41) is 8.10. The molecular weight excluding hydrogens is 206 g/mol. The summed E-state index contributed by atoms with van der Waals surface area (Å²) in [6.07, 6.45) is 1.98. The van der Waals surface area contributed by atoms with E-state index in [1.54, 1.807) is 11.3 Å². The minimum Gasteiger partial charge on any atom is -0.316 e. The van der Waals surface area contributed by atoms with E-state index in [0.29, 0.717) is 0 Å². The molecule has 1 fully saturated rings. The third kappa shape index (κ3) is 3.00. The highest BCUT2D eigenvalue weighted by atomic mass is 32.1. The Balaban J connectivity index is 1.70. The van der Waals surface area contributed by atoms with E-state index in [-0.39, 0.29) is 0 Å². The molecule has 1 aliphatic rings. The third-order valence-electron chi connectivity index (χ3n) is 3.05. The second-order valence-electron chi connectivity index (χ2n) is 4.37. The lowest BCUT2D eigenvalue weighted by Crippen LogP contribution is -2.26. The van der Waals surface area contributed by atoms with Crippen molar-refractivity contribution < 1.29 is 0 Å². The van der Waals surface area contributed by atoms with Crippen molar-refractivity contribution in [1.82, 2.24) is 15.6 Å². The minimum absolute atomic E-state index is 0.791. The number of aromatic nitrogens is 1. The van der Waals surface area contributed by atoms with Gasteiger partial charge in [0.25, 0.3) is 0 Å². The molecule has 0 bridgehead atoms. The smallest absolute Gasteiger partial charge is 0.0897 e. The van der Waals surface area contributed by atoms with E-state index in [4.69, 9.17) is 0 Å². The molecule has 1 aromatic rings. The molecule has 15 heavy (non-hydrogen) atoms. The summed E-state index contributed by atoms with van der Waals surface area (Å²) in [7, 11) is 0. The van der Waals surface area contributed by atoms with E-state index in [9.17, 15) is 0 Å². The van der Waals surface area contributed by atoms with Gasteiger partial charge in [-0.3, -0.25) is 0 Å². The predicted molar refractivity (Wildman–Crippen MR) is 64.1 cm³/mol. The van der Waals surface area contributed by atoms with Crippen LogP contribution >= 0.6 is 11.3 Å². The molecule has 0 aromatic carbocycles. The van der Waals surface area contributed by atoms with Gasteiger partial charge in [0.15, 0.2) is 0 Å². The van der Waals surface area contributed by atoms with Gasteiger partial charge in [0.2, 0.25) is 0 Å². The van der Waals surface area contributed by atoms with Gasteiger partial charge in [-0.25, -0.2) is 4.98 Å². The molecule has 0 aliphatic carbocycles. The highest BCUT2D eigenvalue weighted by Gasteiger charge is 2.22. The summed E-state index contributed by atoms with van der Waals surface area (Å²) in [5.74, 6) is 1.60. The molecule has 2 rings (SSSR count). The Kier molecular flexibility index (Phi) is 3.72. The van der Waals surface area contributed by atoms with Crippen LogP contribution in [0.25, 0.3) is 0 Å². The van der Waals surface area contributed by atoms with Gasteiger partial charge in [-0.1, -0.05) is 6.92 Å². The molecule has 1 aliphatic heterocycles. The largest absolute Gasteiger partial charge is 0.316 e. The van der Waals surface area contributed by atoms with Crippen molar-refractivity contribution in [3.63, 3.8) is 0 Å². The summed E-state index contributed by atoms with van der Waals surface area (Å²) in [4.78, 5) is 5.59. The Morgan fingerprint density at radius 2 is 2.47 bits per heavy atom. The molecule has 2 atom stereocenters. The van der Waals surface area contributed by atoms with Crippen LogP contribution in [0.1, 0.15) is 16.8 Å². The van der Waals surface area contributed by atoms with E-state index >= 15 is 0 Å². The molecule has 3 nitrogen and oxygen atoms in total. The Bertz CT molecular complexity index is 311. The van der Waals surface area contributed by atoms with E-state index in [1.165, 1.54) is 11.4 Å². The zero-order valence-electron chi connectivity index (χ0n) is 9.42. The number of hydrogen-bond donors (Lipinski definition) is 2. The van der Waals surface area contributed by atoms with E-state index in [1.807, 2.05) is 6.20 Å². The molecule has 0 unspecified atom stereocenters. The fourth-order valence-corrected chi connectivity index (χ4v) is 2.77. The Morgan fingerprint density at radius 3 is 3.07 bits per heavy atom. The lowest BCUT2D eigenvalue weighted by Gasteiger charge is -2.14. The van der Waals surface area contributed by atoms with Gasteiger partial charge in [0.05, 0.1) is 5.01 Å². The molecular formula is C11H19N3S. The van der Waals surface area contributed by atoms with Gasteiger partial charge < -0.3 is 10.6 Å². The zero-order chi connectivity index (χ0) is 10.7. The topological polar surface area (TPSA) is 37.0 Å². The van der Waals surface area contributed by atoms with Crippen LogP contribution in [0.2, 0.25) is 0 Å². The third-order valence-corrected chi connectivity index (χ3v) is 3.97. The van der Waals surface area contributed by atoms with Crippen molar-refractivity contribution in [3.05, 3.63) is 16.1 Å². The molecule has 2 heterocycles. The standard InChI is InChI=1S/C11H19N3S/c1-8-3-12-4-10(8)5-13-6-11-7-14-9(2)15-11/h7-8,10,12-13H,3-6H2,1-2H3/t8-,10+/m1/s1. The van der Waals surface area contributed by atoms with Gasteiger partial charge in [0.1, 0.15) is 0 Å². The van der Waals surface area contributed by atoms with Crippen molar-refractivity contribution >= 4 is 11.3 Å². The fourth-order valence-electron chi connectivity index (χ4n) is 2.01. The predicted octanol–water partition coefficient (Wildman–Crippen LogP) is 1.40. The molecule has 4 heteroatoms. The van der Waals surface area contributed by atoms with Gasteiger partial charge in [-0.2, -0.15) is 0 Å². The van der Waals surface area contributed by atoms with Crippen LogP contribution in [0.4, 0.5) is 0 Å². The summed E-state index contributed by atoms with van der Waals surface area (Å²) in [6, 6.07) is 0. The number of nitrogens with zero attached hydrogens (tertiary/aromatic N) is 1. The van der Waals surface area contributed by atoms with Crippen molar-refractivity contribution in [2.24, 2.45) is 11.8 Å². The van der Waals surface area contributed by atoms with Crippen LogP contribution in [0, 0.1) is 18.8 Å². The van der Waals surface area contributed by atoms with Gasteiger partial charge >= 0.3 is 0 Å². The van der Waals surface area contributed by atoms with Crippen LogP contribution in [0.15, 0.2) is 6.20 Å². The lowest BCUT2D eigenvalue weighted by atomic mass is 9.98. The average Bonchev–Trinajstić information content (AvgIpc) is 2.77. The van der Waals surface area contributed by atoms with E-state index in [2.05, 4.69) is 29.5 Å². The molecule has 1 saturated heterocycles. The van der Waals surface area contributed by atoms with Crippen molar-refractivity contribution in [1.29, 1.82) is 0 Å². The maximum absolute atomic E-state index is 4.25. The normalized spacial score (nSPS) is 26.0. The summed E-state index contributed by atoms with van der Waals surface area (Å²) < 4.78 is 0. The van der Waals surface area contributed by atoms with Crippen LogP contribution in [-0.2, 0) is 6.54 Å². The quantitative estimate of drug-likeness (QED) is 0.813. The number of rotatable bonds is 4. The Labute approximate surface area is 95.3 Å². The first kappa shape index (κ1) is 11.0. The van der Waals surface area contributed by atoms with Crippen molar-refractivity contribution in [2.45, 2.75) is 20.4 Å². The zero-order valence-corrected chi connectivity index (χ0v) is 10.2. The highest BCUT2D eigenvalue weighted by Crippen LogP contribution is 2.15. The first-order valence-electron chi connectivity index (χ1n) is 5.58. The average molecular weight is 225 g/mol. The van der Waals surface area contributed by atoms with Crippen LogP contribution < -0.4 is 10.6 Å². The van der Waals surface area contributed by atoms with E-state index in [0.717, 1.165) is 36.5 Å². The maximum atomic E-state index is 4.25. The molecule has 0 saturated carbocycles. The lowest BCUT2D eigenvalue weighted by molar-refractivity contribution is 0.421. The number of aryl methyl sites for hydroxylation is 1. The maximum Gasteiger partial charge on any atom is 0.0897 e. The number of nitrogens with one attached hydrogen (secondary N) is 2. The first-order valence-corrected chi connectivity index (χ1v) is 6.40. The molecule has 0 radical (unpaired) electrons. The van der Waals surface area contributed by atoms with Gasteiger partial charge in [-0.15, -0.1) is 11.3 Å². The van der Waals surface area contributed by atoms with E-state index < -0.39 is 0 Å². The SMILES string of the molecule is Cc1ncc(CNC[C@@H]2CNC[C@H]2C)s1. The fraction of sp³-hybridized carbons (Fsp3) is 0.727. The minimum atomic E-state index is 0.791. The molecule has 84 valence electrons. The second-order valence-corrected chi connectivity index (χ2v) is 5.69. The Hall–Kier alpha value is -0.450. The first-order chi connectivity index (χ1) is 7.25. The number of hydrogen-bond acceptors (Lipinski definition) is 4. The second kappa shape index (κ2) is 5.05. The van der Waals surface area contributed by atoms with Gasteiger partial charge in [0, 0.05) is 17.6 Å². The molecule has 0 spiro atoms. The summed E-state index contributed by atoms with van der Waals surface area (Å²) in [6.45, 7) is 8.79. The highest BCUT2D eigenvalue weighted by molar-refractivity contribution is 7.11. The Morgan fingerprint density at radius 1 is 1.60 bits per heavy atom. The summed E-state index contributed by atoms with van der Waals surface area (Å²) in [5.41, 5.74) is 0. The molecule has 2 N–H and O–H groups in total.